The number of aryl methyl sites for hydroxylation is 1. The van der Waals surface area contributed by atoms with Gasteiger partial charge in [-0.25, -0.2) is 0 Å². The predicted molar refractivity (Wildman–Crippen MR) is 120 cm³/mol. The number of imidazole rings is 1. The van der Waals surface area contributed by atoms with E-state index in [0.29, 0.717) is 17.3 Å². The molecule has 2 aromatic carbocycles. The molecular weight excluding hydrogens is 394 g/mol. The van der Waals surface area contributed by atoms with Crippen LogP contribution in [0.15, 0.2) is 78.0 Å². The zero-order valence-electron chi connectivity index (χ0n) is 17.0. The fourth-order valence-corrected chi connectivity index (χ4v) is 3.91. The maximum atomic E-state index is 13.1. The molecule has 4 rings (SSSR count). The molecule has 2 aromatic heterocycles. The number of thiol groups is 1. The summed E-state index contributed by atoms with van der Waals surface area (Å²) in [7, 11) is 1.65. The quantitative estimate of drug-likeness (QED) is 0.370. The highest BCUT2D eigenvalue weighted by atomic mass is 32.1. The first kappa shape index (κ1) is 20.0. The molecule has 0 radical (unpaired) electrons. The molecule has 4 aromatic rings. The third kappa shape index (κ3) is 3.91. The molecule has 0 saturated carbocycles. The Kier molecular flexibility index (Phi) is 5.77. The molecule has 2 heterocycles. The number of rotatable bonds is 6. The molecule has 0 fully saturated rings. The van der Waals surface area contributed by atoms with Crippen molar-refractivity contribution in [2.24, 2.45) is 0 Å². The number of benzene rings is 2. The normalized spacial score (nSPS) is 10.9. The first-order valence-corrected chi connectivity index (χ1v) is 10.3. The molecule has 0 aliphatic rings. The molecule has 0 aliphatic heterocycles. The minimum Gasteiger partial charge on any atom is -0.497 e. The Morgan fingerprint density at radius 3 is 2.50 bits per heavy atom. The van der Waals surface area contributed by atoms with Crippen LogP contribution in [0.1, 0.15) is 21.6 Å². The largest absolute Gasteiger partial charge is 0.497 e. The van der Waals surface area contributed by atoms with E-state index in [0.717, 1.165) is 29.1 Å². The fourth-order valence-electron chi connectivity index (χ4n) is 3.48. The maximum Gasteiger partial charge on any atom is 0.296 e. The molecule has 0 bridgehead atoms. The number of hydrogen-bond acceptors (Lipinski definition) is 3. The van der Waals surface area contributed by atoms with Gasteiger partial charge in [-0.1, -0.05) is 48.5 Å². The van der Waals surface area contributed by atoms with E-state index in [9.17, 15) is 4.79 Å². The second-order valence-corrected chi connectivity index (χ2v) is 7.55. The van der Waals surface area contributed by atoms with E-state index < -0.39 is 0 Å². The molecule has 6 heteroatoms. The lowest BCUT2D eigenvalue weighted by Crippen LogP contribution is -2.35. The van der Waals surface area contributed by atoms with Gasteiger partial charge >= 0.3 is 0 Å². The fraction of sp³-hybridized carbons (Fsp3) is 0.167. The summed E-state index contributed by atoms with van der Waals surface area (Å²) in [6, 6.07) is 21.9. The van der Waals surface area contributed by atoms with Gasteiger partial charge in [-0.2, -0.15) is 8.97 Å². The van der Waals surface area contributed by atoms with E-state index in [4.69, 9.17) is 17.4 Å². The van der Waals surface area contributed by atoms with Crippen LogP contribution in [0, 0.1) is 6.92 Å². The maximum absolute atomic E-state index is 13.1. The van der Waals surface area contributed by atoms with Gasteiger partial charge in [0.15, 0.2) is 0 Å². The average Bonchev–Trinajstić information content (AvgIpc) is 3.06. The first-order valence-electron chi connectivity index (χ1n) is 9.80. The van der Waals surface area contributed by atoms with Crippen LogP contribution in [0.25, 0.3) is 11.3 Å². The number of carbonyl (C=O) groups is 1. The summed E-state index contributed by atoms with van der Waals surface area (Å²) in [5.74, 6) is 0.670. The lowest BCUT2D eigenvalue weighted by molar-refractivity contribution is -0.514. The summed E-state index contributed by atoms with van der Waals surface area (Å²) in [4.78, 5) is 13.1. The van der Waals surface area contributed by atoms with Gasteiger partial charge in [0, 0.05) is 12.6 Å². The highest BCUT2D eigenvalue weighted by Gasteiger charge is 2.29. The second-order valence-electron chi connectivity index (χ2n) is 7.13. The van der Waals surface area contributed by atoms with Gasteiger partial charge in [0.2, 0.25) is 5.03 Å². The van der Waals surface area contributed by atoms with Crippen LogP contribution >= 0.6 is 12.6 Å². The van der Waals surface area contributed by atoms with Gasteiger partial charge in [-0.05, 0) is 49.2 Å². The Morgan fingerprint density at radius 1 is 1.07 bits per heavy atom. The Labute approximate surface area is 181 Å². The number of fused-ring (bicyclic) bond motifs is 1. The SMILES string of the molecule is COc1ccc(CCNC(=O)c2c(S)n(-c3ccc(C)cc3)c3cccc[n+]23)cc1. The van der Waals surface area contributed by atoms with Crippen molar-refractivity contribution in [2.45, 2.75) is 18.4 Å². The zero-order chi connectivity index (χ0) is 21.1. The number of amides is 1. The summed E-state index contributed by atoms with van der Waals surface area (Å²) in [6.45, 7) is 2.58. The summed E-state index contributed by atoms with van der Waals surface area (Å²) >= 11 is 4.73. The van der Waals surface area contributed by atoms with Crippen molar-refractivity contribution in [3.63, 3.8) is 0 Å². The second kappa shape index (κ2) is 8.63. The Hall–Kier alpha value is -3.25. The number of ether oxygens (including phenoxy) is 1. The number of nitrogens with zero attached hydrogens (tertiary/aromatic N) is 2. The number of hydrogen-bond donors (Lipinski definition) is 2. The van der Waals surface area contributed by atoms with Crippen LogP contribution in [0.3, 0.4) is 0 Å². The van der Waals surface area contributed by atoms with E-state index in [-0.39, 0.29) is 5.91 Å². The van der Waals surface area contributed by atoms with Gasteiger partial charge in [-0.3, -0.25) is 4.79 Å². The third-order valence-corrected chi connectivity index (χ3v) is 5.51. The Balaban J connectivity index is 1.59. The highest BCUT2D eigenvalue weighted by Crippen LogP contribution is 2.22. The molecule has 0 atom stereocenters. The van der Waals surface area contributed by atoms with E-state index >= 15 is 0 Å². The monoisotopic (exact) mass is 418 g/mol. The van der Waals surface area contributed by atoms with Crippen molar-refractivity contribution >= 4 is 24.2 Å². The topological polar surface area (TPSA) is 47.4 Å². The smallest absolute Gasteiger partial charge is 0.296 e. The summed E-state index contributed by atoms with van der Waals surface area (Å²) < 4.78 is 9.05. The first-order chi connectivity index (χ1) is 14.6. The van der Waals surface area contributed by atoms with Crippen molar-refractivity contribution in [1.29, 1.82) is 0 Å². The Bertz CT molecular complexity index is 1180. The van der Waals surface area contributed by atoms with Gasteiger partial charge in [0.25, 0.3) is 17.2 Å². The number of methoxy groups -OCH3 is 1. The van der Waals surface area contributed by atoms with Gasteiger partial charge in [-0.15, -0.1) is 0 Å². The minimum absolute atomic E-state index is 0.152. The molecule has 30 heavy (non-hydrogen) atoms. The summed E-state index contributed by atoms with van der Waals surface area (Å²) in [6.07, 6.45) is 2.62. The minimum atomic E-state index is -0.152. The lowest BCUT2D eigenvalue weighted by Gasteiger charge is -2.05. The molecular formula is C24H24N3O2S+. The Morgan fingerprint density at radius 2 is 1.80 bits per heavy atom. The van der Waals surface area contributed by atoms with Crippen LogP contribution in [0.2, 0.25) is 0 Å². The molecule has 1 amide bonds. The molecule has 0 unspecified atom stereocenters. The van der Waals surface area contributed by atoms with E-state index in [1.54, 1.807) is 7.11 Å². The van der Waals surface area contributed by atoms with Gasteiger partial charge in [0.05, 0.1) is 13.3 Å². The molecule has 5 nitrogen and oxygen atoms in total. The van der Waals surface area contributed by atoms with Crippen molar-refractivity contribution in [3.8, 4) is 11.4 Å². The third-order valence-electron chi connectivity index (χ3n) is 5.10. The summed E-state index contributed by atoms with van der Waals surface area (Å²) in [5, 5.41) is 3.63. The van der Waals surface area contributed by atoms with Crippen molar-refractivity contribution in [2.75, 3.05) is 13.7 Å². The number of nitrogens with one attached hydrogen (secondary N) is 1. The zero-order valence-corrected chi connectivity index (χ0v) is 17.9. The number of carbonyl (C=O) groups excluding carboxylic acids is 1. The highest BCUT2D eigenvalue weighted by molar-refractivity contribution is 7.80. The molecule has 0 spiro atoms. The van der Waals surface area contributed by atoms with Gasteiger partial charge in [0.1, 0.15) is 11.4 Å². The molecule has 1 N–H and O–H groups in total. The standard InChI is InChI=1S/C24H23N3O2S/c1-17-6-10-19(11-7-17)27-21-5-3-4-16-26(21)22(24(27)30)23(28)25-15-14-18-8-12-20(29-2)13-9-18/h3-13,16H,14-15H2,1-2H3,(H-,25,28,30)/p+1. The average molecular weight is 419 g/mol. The van der Waals surface area contributed by atoms with Crippen LogP contribution in [-0.2, 0) is 6.42 Å². The van der Waals surface area contributed by atoms with Gasteiger partial charge < -0.3 is 10.1 Å². The van der Waals surface area contributed by atoms with Crippen LogP contribution in [0.5, 0.6) is 5.75 Å². The van der Waals surface area contributed by atoms with E-state index in [2.05, 4.69) is 24.4 Å². The summed E-state index contributed by atoms with van der Waals surface area (Å²) in [5.41, 5.74) is 4.68. The van der Waals surface area contributed by atoms with E-state index in [1.165, 1.54) is 5.56 Å². The van der Waals surface area contributed by atoms with Crippen LogP contribution in [0.4, 0.5) is 0 Å². The number of aromatic nitrogens is 2. The van der Waals surface area contributed by atoms with Crippen LogP contribution < -0.4 is 14.5 Å². The molecule has 152 valence electrons. The van der Waals surface area contributed by atoms with Crippen molar-refractivity contribution in [1.82, 2.24) is 9.88 Å². The van der Waals surface area contributed by atoms with Crippen molar-refractivity contribution in [3.05, 3.63) is 89.7 Å². The number of pyridine rings is 1. The van der Waals surface area contributed by atoms with Crippen molar-refractivity contribution < 1.29 is 13.9 Å². The molecule has 0 saturated heterocycles. The lowest BCUT2D eigenvalue weighted by atomic mass is 10.1. The predicted octanol–water partition coefficient (Wildman–Crippen LogP) is 3.79. The molecule has 0 aliphatic carbocycles. The van der Waals surface area contributed by atoms with E-state index in [1.807, 2.05) is 69.8 Å². The van der Waals surface area contributed by atoms with Crippen LogP contribution in [-0.4, -0.2) is 24.1 Å².